The number of oxazole rings is 1. The van der Waals surface area contributed by atoms with Gasteiger partial charge in [0.1, 0.15) is 5.75 Å². The highest BCUT2D eigenvalue weighted by Crippen LogP contribution is 2.33. The number of carbonyl (C=O) groups excluding carboxylic acids is 2. The molecule has 0 atom stereocenters. The average Bonchev–Trinajstić information content (AvgIpc) is 3.39. The van der Waals surface area contributed by atoms with Crippen molar-refractivity contribution >= 4 is 23.2 Å². The SMILES string of the molecule is COc1ccccc1N1CCN(C(=O)c2nc(-c3ccccc3)oc2-c2ccc(NC(C)=O)cc2)CC1. The molecule has 3 aromatic carbocycles. The van der Waals surface area contributed by atoms with Crippen molar-refractivity contribution in [3.05, 3.63) is 84.6 Å². The van der Waals surface area contributed by atoms with Crippen LogP contribution in [-0.2, 0) is 4.79 Å². The second-order valence-electron chi connectivity index (χ2n) is 8.77. The van der Waals surface area contributed by atoms with E-state index in [0.29, 0.717) is 49.1 Å². The van der Waals surface area contributed by atoms with E-state index in [-0.39, 0.29) is 17.5 Å². The van der Waals surface area contributed by atoms with Gasteiger partial charge in [0, 0.05) is 49.9 Å². The van der Waals surface area contributed by atoms with Gasteiger partial charge in [-0.1, -0.05) is 30.3 Å². The maximum atomic E-state index is 13.7. The number of amides is 2. The molecule has 5 rings (SSSR count). The smallest absolute Gasteiger partial charge is 0.276 e. The number of nitrogens with one attached hydrogen (secondary N) is 1. The lowest BCUT2D eigenvalue weighted by molar-refractivity contribution is -0.114. The molecule has 1 N–H and O–H groups in total. The molecule has 2 heterocycles. The number of benzene rings is 3. The molecule has 0 bridgehead atoms. The van der Waals surface area contributed by atoms with Gasteiger partial charge in [0.2, 0.25) is 11.8 Å². The molecular formula is C29H28N4O4. The molecule has 1 aliphatic heterocycles. The van der Waals surface area contributed by atoms with E-state index in [0.717, 1.165) is 17.0 Å². The summed E-state index contributed by atoms with van der Waals surface area (Å²) in [7, 11) is 1.66. The first kappa shape index (κ1) is 24.1. The predicted octanol–water partition coefficient (Wildman–Crippen LogP) is 4.94. The van der Waals surface area contributed by atoms with Gasteiger partial charge in [0.05, 0.1) is 12.8 Å². The van der Waals surface area contributed by atoms with Crippen LogP contribution in [0.15, 0.2) is 83.3 Å². The second-order valence-corrected chi connectivity index (χ2v) is 8.77. The highest BCUT2D eigenvalue weighted by atomic mass is 16.5. The normalized spacial score (nSPS) is 13.4. The summed E-state index contributed by atoms with van der Waals surface area (Å²) in [5, 5.41) is 2.76. The minimum atomic E-state index is -0.174. The Morgan fingerprint density at radius 3 is 2.22 bits per heavy atom. The minimum Gasteiger partial charge on any atom is -0.495 e. The quantitative estimate of drug-likeness (QED) is 0.407. The van der Waals surface area contributed by atoms with Gasteiger partial charge >= 0.3 is 0 Å². The summed E-state index contributed by atoms with van der Waals surface area (Å²) < 4.78 is 11.7. The summed E-state index contributed by atoms with van der Waals surface area (Å²) in [6, 6.07) is 24.6. The van der Waals surface area contributed by atoms with Gasteiger partial charge in [-0.2, -0.15) is 0 Å². The van der Waals surface area contributed by atoms with Crippen molar-refractivity contribution in [1.82, 2.24) is 9.88 Å². The molecule has 8 nitrogen and oxygen atoms in total. The summed E-state index contributed by atoms with van der Waals surface area (Å²) in [5.74, 6) is 1.28. The monoisotopic (exact) mass is 496 g/mol. The first-order valence-corrected chi connectivity index (χ1v) is 12.1. The van der Waals surface area contributed by atoms with Crippen molar-refractivity contribution in [2.24, 2.45) is 0 Å². The molecule has 4 aromatic rings. The Kier molecular flexibility index (Phi) is 6.89. The van der Waals surface area contributed by atoms with Crippen molar-refractivity contribution in [1.29, 1.82) is 0 Å². The van der Waals surface area contributed by atoms with E-state index >= 15 is 0 Å². The number of aromatic nitrogens is 1. The predicted molar refractivity (Wildman–Crippen MR) is 143 cm³/mol. The van der Waals surface area contributed by atoms with E-state index in [4.69, 9.17) is 9.15 Å². The Morgan fingerprint density at radius 2 is 1.54 bits per heavy atom. The molecular weight excluding hydrogens is 468 g/mol. The average molecular weight is 497 g/mol. The number of para-hydroxylation sites is 2. The van der Waals surface area contributed by atoms with Crippen LogP contribution < -0.4 is 15.0 Å². The van der Waals surface area contributed by atoms with Crippen LogP contribution >= 0.6 is 0 Å². The van der Waals surface area contributed by atoms with Crippen molar-refractivity contribution in [3.63, 3.8) is 0 Å². The molecule has 0 aliphatic carbocycles. The summed E-state index contributed by atoms with van der Waals surface area (Å²) >= 11 is 0. The van der Waals surface area contributed by atoms with Crippen molar-refractivity contribution < 1.29 is 18.7 Å². The molecule has 0 radical (unpaired) electrons. The fraction of sp³-hybridized carbons (Fsp3) is 0.207. The molecule has 0 unspecified atom stereocenters. The Bertz CT molecular complexity index is 1390. The molecule has 0 saturated carbocycles. The van der Waals surface area contributed by atoms with Gasteiger partial charge < -0.3 is 24.3 Å². The second kappa shape index (κ2) is 10.6. The molecule has 1 saturated heterocycles. The first-order valence-electron chi connectivity index (χ1n) is 12.1. The number of hydrogen-bond donors (Lipinski definition) is 1. The Balaban J connectivity index is 1.42. The zero-order chi connectivity index (χ0) is 25.8. The van der Waals surface area contributed by atoms with Crippen LogP contribution in [0.25, 0.3) is 22.8 Å². The van der Waals surface area contributed by atoms with Crippen LogP contribution in [0, 0.1) is 0 Å². The van der Waals surface area contributed by atoms with Gasteiger partial charge in [0.15, 0.2) is 11.5 Å². The highest BCUT2D eigenvalue weighted by Gasteiger charge is 2.29. The molecule has 0 spiro atoms. The van der Waals surface area contributed by atoms with Crippen molar-refractivity contribution in [2.45, 2.75) is 6.92 Å². The molecule has 1 aromatic heterocycles. The van der Waals surface area contributed by atoms with E-state index in [1.807, 2.05) is 71.6 Å². The fourth-order valence-corrected chi connectivity index (χ4v) is 4.46. The van der Waals surface area contributed by atoms with Crippen LogP contribution in [0.5, 0.6) is 5.75 Å². The number of hydrogen-bond acceptors (Lipinski definition) is 6. The number of anilines is 2. The van der Waals surface area contributed by atoms with Gasteiger partial charge in [-0.25, -0.2) is 4.98 Å². The van der Waals surface area contributed by atoms with E-state index in [1.54, 1.807) is 19.2 Å². The number of nitrogens with zero attached hydrogens (tertiary/aromatic N) is 3. The lowest BCUT2D eigenvalue weighted by Crippen LogP contribution is -2.49. The lowest BCUT2D eigenvalue weighted by atomic mass is 10.1. The lowest BCUT2D eigenvalue weighted by Gasteiger charge is -2.36. The first-order chi connectivity index (χ1) is 18.0. The van der Waals surface area contributed by atoms with Crippen LogP contribution in [0.4, 0.5) is 11.4 Å². The fourth-order valence-electron chi connectivity index (χ4n) is 4.46. The van der Waals surface area contributed by atoms with Gasteiger partial charge in [-0.15, -0.1) is 0 Å². The summed E-state index contributed by atoms with van der Waals surface area (Å²) in [4.78, 5) is 33.8. The number of ether oxygens (including phenoxy) is 1. The number of methoxy groups -OCH3 is 1. The number of rotatable bonds is 6. The zero-order valence-electron chi connectivity index (χ0n) is 20.8. The van der Waals surface area contributed by atoms with Crippen molar-refractivity contribution in [2.75, 3.05) is 43.5 Å². The largest absolute Gasteiger partial charge is 0.495 e. The molecule has 2 amide bonds. The number of carbonyl (C=O) groups is 2. The summed E-state index contributed by atoms with van der Waals surface area (Å²) in [5.41, 5.74) is 3.46. The van der Waals surface area contributed by atoms with Gasteiger partial charge in [-0.05, 0) is 48.5 Å². The Labute approximate surface area is 215 Å². The van der Waals surface area contributed by atoms with Gasteiger partial charge in [-0.3, -0.25) is 9.59 Å². The van der Waals surface area contributed by atoms with Gasteiger partial charge in [0.25, 0.3) is 5.91 Å². The molecule has 188 valence electrons. The highest BCUT2D eigenvalue weighted by molar-refractivity contribution is 5.98. The van der Waals surface area contributed by atoms with E-state index < -0.39 is 0 Å². The van der Waals surface area contributed by atoms with Crippen molar-refractivity contribution in [3.8, 4) is 28.5 Å². The Morgan fingerprint density at radius 1 is 0.865 bits per heavy atom. The van der Waals surface area contributed by atoms with Crippen LogP contribution in [-0.4, -0.2) is 55.0 Å². The third-order valence-corrected chi connectivity index (χ3v) is 6.31. The maximum absolute atomic E-state index is 13.7. The van der Waals surface area contributed by atoms with Crippen LogP contribution in [0.3, 0.4) is 0 Å². The standard InChI is InChI=1S/C29H28N4O4/c1-20(34)30-23-14-12-21(13-15-23)27-26(31-28(37-27)22-8-4-3-5-9-22)29(35)33-18-16-32(17-19-33)24-10-6-7-11-25(24)36-2/h3-15H,16-19H2,1-2H3,(H,30,34). The number of piperazine rings is 1. The third-order valence-electron chi connectivity index (χ3n) is 6.31. The summed E-state index contributed by atoms with van der Waals surface area (Å²) in [6.45, 7) is 3.91. The minimum absolute atomic E-state index is 0.151. The molecule has 37 heavy (non-hydrogen) atoms. The zero-order valence-corrected chi connectivity index (χ0v) is 20.8. The van der Waals surface area contributed by atoms with E-state index in [1.165, 1.54) is 6.92 Å². The Hall–Kier alpha value is -4.59. The van der Waals surface area contributed by atoms with Crippen LogP contribution in [0.1, 0.15) is 17.4 Å². The molecule has 1 fully saturated rings. The third kappa shape index (κ3) is 5.18. The van der Waals surface area contributed by atoms with E-state index in [2.05, 4.69) is 15.2 Å². The van der Waals surface area contributed by atoms with Crippen LogP contribution in [0.2, 0.25) is 0 Å². The van der Waals surface area contributed by atoms with E-state index in [9.17, 15) is 9.59 Å². The topological polar surface area (TPSA) is 87.9 Å². The molecule has 1 aliphatic rings. The molecule has 8 heteroatoms. The summed E-state index contributed by atoms with van der Waals surface area (Å²) in [6.07, 6.45) is 0. The maximum Gasteiger partial charge on any atom is 0.276 e.